The van der Waals surface area contributed by atoms with E-state index in [1.807, 2.05) is 19.1 Å². The third kappa shape index (κ3) is 4.75. The monoisotopic (exact) mass is 395 g/mol. The Labute approximate surface area is 159 Å². The lowest BCUT2D eigenvalue weighted by molar-refractivity contribution is 0.0942. The van der Waals surface area contributed by atoms with Crippen molar-refractivity contribution in [3.05, 3.63) is 59.7 Å². The predicted molar refractivity (Wildman–Crippen MR) is 104 cm³/mol. The van der Waals surface area contributed by atoms with Crippen LogP contribution in [0.5, 0.6) is 0 Å². The van der Waals surface area contributed by atoms with Crippen molar-refractivity contribution in [1.82, 2.24) is 10.6 Å². The molecule has 6 nitrogen and oxygen atoms in total. The number of nitrogens with one attached hydrogen (secondary N) is 3. The predicted octanol–water partition coefficient (Wildman–Crippen LogP) is 2.17. The van der Waals surface area contributed by atoms with Gasteiger partial charge in [0.1, 0.15) is 0 Å². The first-order chi connectivity index (χ1) is 12.0. The molecule has 1 aliphatic rings. The molecule has 2 aromatic rings. The van der Waals surface area contributed by atoms with Crippen molar-refractivity contribution in [2.45, 2.75) is 11.8 Å². The van der Waals surface area contributed by atoms with Crippen LogP contribution >= 0.6 is 12.4 Å². The van der Waals surface area contributed by atoms with E-state index in [0.717, 1.165) is 18.7 Å². The van der Waals surface area contributed by atoms with Gasteiger partial charge in [0, 0.05) is 31.1 Å². The number of carbonyl (C=O) groups is 1. The van der Waals surface area contributed by atoms with Crippen molar-refractivity contribution in [2.75, 3.05) is 24.4 Å². The normalized spacial score (nSPS) is 14.0. The Morgan fingerprint density at radius 3 is 2.35 bits per heavy atom. The lowest BCUT2D eigenvalue weighted by Gasteiger charge is -2.27. The summed E-state index contributed by atoms with van der Waals surface area (Å²) in [5.74, 6) is 0.282. The molecule has 0 spiro atoms. The first-order valence-electron chi connectivity index (χ1n) is 8.13. The molecule has 8 heteroatoms. The maximum atomic E-state index is 12.5. The molecule has 0 unspecified atom stereocenters. The number of para-hydroxylation sites is 1. The Hall–Kier alpha value is -2.09. The molecule has 1 saturated heterocycles. The zero-order valence-electron chi connectivity index (χ0n) is 14.4. The molecule has 1 aliphatic heterocycles. The minimum atomic E-state index is -3.69. The molecule has 1 heterocycles. The van der Waals surface area contributed by atoms with Gasteiger partial charge in [0.05, 0.1) is 10.6 Å². The minimum Gasteiger partial charge on any atom is -0.352 e. The Bertz CT molecular complexity index is 866. The SMILES string of the molecule is Cc1ccccc1NS(=O)(=O)c1ccc(C(=O)NCC2CNC2)cc1.Cl. The number of rotatable bonds is 6. The molecular formula is C18H22ClN3O3S. The Morgan fingerprint density at radius 1 is 1.12 bits per heavy atom. The average Bonchev–Trinajstić information content (AvgIpc) is 2.55. The molecule has 3 N–H and O–H groups in total. The summed E-state index contributed by atoms with van der Waals surface area (Å²) in [6.45, 7) is 4.30. The van der Waals surface area contributed by atoms with Crippen molar-refractivity contribution in [3.63, 3.8) is 0 Å². The summed E-state index contributed by atoms with van der Waals surface area (Å²) in [6, 6.07) is 13.1. The zero-order chi connectivity index (χ0) is 17.9. The van der Waals surface area contributed by atoms with Gasteiger partial charge in [0.2, 0.25) is 0 Å². The van der Waals surface area contributed by atoms with Gasteiger partial charge in [-0.05, 0) is 42.8 Å². The van der Waals surface area contributed by atoms with Crippen LogP contribution in [0.4, 0.5) is 5.69 Å². The molecule has 0 saturated carbocycles. The van der Waals surface area contributed by atoms with Gasteiger partial charge in [-0.25, -0.2) is 8.42 Å². The van der Waals surface area contributed by atoms with E-state index >= 15 is 0 Å². The van der Waals surface area contributed by atoms with Gasteiger partial charge in [-0.1, -0.05) is 18.2 Å². The molecule has 0 aliphatic carbocycles. The lowest BCUT2D eigenvalue weighted by atomic mass is 10.0. The Balaban J connectivity index is 0.00000243. The largest absolute Gasteiger partial charge is 0.352 e. The number of halogens is 1. The molecule has 0 radical (unpaired) electrons. The van der Waals surface area contributed by atoms with Gasteiger partial charge >= 0.3 is 0 Å². The maximum absolute atomic E-state index is 12.5. The summed E-state index contributed by atoms with van der Waals surface area (Å²) in [7, 11) is -3.69. The first kappa shape index (κ1) is 20.2. The lowest BCUT2D eigenvalue weighted by Crippen LogP contribution is -2.48. The quantitative estimate of drug-likeness (QED) is 0.699. The summed E-state index contributed by atoms with van der Waals surface area (Å²) in [5.41, 5.74) is 1.83. The fourth-order valence-electron chi connectivity index (χ4n) is 2.51. The van der Waals surface area contributed by atoms with Gasteiger partial charge in [0.25, 0.3) is 15.9 Å². The van der Waals surface area contributed by atoms with Gasteiger partial charge in [-0.3, -0.25) is 9.52 Å². The number of amides is 1. The number of benzene rings is 2. The molecule has 0 atom stereocenters. The van der Waals surface area contributed by atoms with E-state index in [1.54, 1.807) is 12.1 Å². The molecule has 0 aromatic heterocycles. The van der Waals surface area contributed by atoms with Crippen molar-refractivity contribution < 1.29 is 13.2 Å². The second-order valence-corrected chi connectivity index (χ2v) is 7.86. The summed E-state index contributed by atoms with van der Waals surface area (Å²) in [5, 5.41) is 6.01. The van der Waals surface area contributed by atoms with E-state index in [2.05, 4.69) is 15.4 Å². The van der Waals surface area contributed by atoms with Crippen LogP contribution in [0, 0.1) is 12.8 Å². The summed E-state index contributed by atoms with van der Waals surface area (Å²) >= 11 is 0. The van der Waals surface area contributed by atoms with Gasteiger partial charge in [-0.15, -0.1) is 12.4 Å². The highest BCUT2D eigenvalue weighted by atomic mass is 35.5. The summed E-state index contributed by atoms with van der Waals surface area (Å²) in [4.78, 5) is 12.2. The third-order valence-electron chi connectivity index (χ3n) is 4.23. The number of anilines is 1. The Kier molecular flexibility index (Phi) is 6.63. The van der Waals surface area contributed by atoms with Crippen molar-refractivity contribution in [1.29, 1.82) is 0 Å². The summed E-state index contributed by atoms with van der Waals surface area (Å²) < 4.78 is 27.5. The highest BCUT2D eigenvalue weighted by Crippen LogP contribution is 2.19. The Morgan fingerprint density at radius 2 is 1.77 bits per heavy atom. The molecule has 1 fully saturated rings. The van der Waals surface area contributed by atoms with Crippen molar-refractivity contribution in [3.8, 4) is 0 Å². The van der Waals surface area contributed by atoms with E-state index in [0.29, 0.717) is 23.7 Å². The molecule has 3 rings (SSSR count). The van der Waals surface area contributed by atoms with Crippen LogP contribution in [0.25, 0.3) is 0 Å². The van der Waals surface area contributed by atoms with Crippen LogP contribution in [-0.2, 0) is 10.0 Å². The second kappa shape index (κ2) is 8.53. The molecule has 0 bridgehead atoms. The third-order valence-corrected chi connectivity index (χ3v) is 5.61. The number of aryl methyl sites for hydroxylation is 1. The highest BCUT2D eigenvalue weighted by molar-refractivity contribution is 7.92. The van der Waals surface area contributed by atoms with Crippen molar-refractivity contribution in [2.24, 2.45) is 5.92 Å². The van der Waals surface area contributed by atoms with Crippen LogP contribution in [0.2, 0.25) is 0 Å². The second-order valence-electron chi connectivity index (χ2n) is 6.18. The van der Waals surface area contributed by atoms with Crippen LogP contribution in [-0.4, -0.2) is 34.0 Å². The average molecular weight is 396 g/mol. The molecule has 26 heavy (non-hydrogen) atoms. The van der Waals surface area contributed by atoms with E-state index < -0.39 is 10.0 Å². The molecular weight excluding hydrogens is 374 g/mol. The standard InChI is InChI=1S/C18H21N3O3S.ClH/c1-13-4-2-3-5-17(13)21-25(23,24)16-8-6-15(7-9-16)18(22)20-12-14-10-19-11-14;/h2-9,14,19,21H,10-12H2,1H3,(H,20,22);1H. The minimum absolute atomic E-state index is 0. The van der Waals surface area contributed by atoms with Crippen LogP contribution < -0.4 is 15.4 Å². The number of hydrogen-bond donors (Lipinski definition) is 3. The number of sulfonamides is 1. The van der Waals surface area contributed by atoms with Gasteiger partial charge < -0.3 is 10.6 Å². The van der Waals surface area contributed by atoms with E-state index in [9.17, 15) is 13.2 Å². The van der Waals surface area contributed by atoms with E-state index in [-0.39, 0.29) is 23.2 Å². The van der Waals surface area contributed by atoms with Crippen LogP contribution in [0.1, 0.15) is 15.9 Å². The van der Waals surface area contributed by atoms with E-state index in [1.165, 1.54) is 24.3 Å². The first-order valence-corrected chi connectivity index (χ1v) is 9.61. The fraction of sp³-hybridized carbons (Fsp3) is 0.278. The van der Waals surface area contributed by atoms with Gasteiger partial charge in [0.15, 0.2) is 0 Å². The highest BCUT2D eigenvalue weighted by Gasteiger charge is 2.19. The van der Waals surface area contributed by atoms with E-state index in [4.69, 9.17) is 0 Å². The molecule has 2 aromatic carbocycles. The fourth-order valence-corrected chi connectivity index (χ4v) is 3.64. The molecule has 1 amide bonds. The number of hydrogen-bond acceptors (Lipinski definition) is 4. The topological polar surface area (TPSA) is 87.3 Å². The van der Waals surface area contributed by atoms with Crippen molar-refractivity contribution >= 4 is 34.0 Å². The zero-order valence-corrected chi connectivity index (χ0v) is 16.0. The van der Waals surface area contributed by atoms with Crippen LogP contribution in [0.3, 0.4) is 0 Å². The molecule has 140 valence electrons. The summed E-state index contributed by atoms with van der Waals surface area (Å²) in [6.07, 6.45) is 0. The smallest absolute Gasteiger partial charge is 0.261 e. The van der Waals surface area contributed by atoms with Crippen LogP contribution in [0.15, 0.2) is 53.4 Å². The van der Waals surface area contributed by atoms with Gasteiger partial charge in [-0.2, -0.15) is 0 Å². The number of carbonyl (C=O) groups excluding carboxylic acids is 1. The maximum Gasteiger partial charge on any atom is 0.261 e.